The summed E-state index contributed by atoms with van der Waals surface area (Å²) in [4.78, 5) is 10.3. The number of rotatable bonds is 13. The van der Waals surface area contributed by atoms with Gasteiger partial charge in [0.05, 0.1) is 6.10 Å². The molecular weight excluding hydrogens is 264 g/mol. The van der Waals surface area contributed by atoms with E-state index in [1.165, 1.54) is 12.8 Å². The van der Waals surface area contributed by atoms with Crippen LogP contribution in [0.15, 0.2) is 36.5 Å². The van der Waals surface area contributed by atoms with E-state index in [1.807, 2.05) is 19.1 Å². The van der Waals surface area contributed by atoms with E-state index in [4.69, 9.17) is 5.11 Å². The first-order chi connectivity index (χ1) is 10.2. The van der Waals surface area contributed by atoms with E-state index in [0.717, 1.165) is 38.5 Å². The van der Waals surface area contributed by atoms with Crippen molar-refractivity contribution in [2.75, 3.05) is 0 Å². The molecule has 2 N–H and O–H groups in total. The van der Waals surface area contributed by atoms with E-state index in [9.17, 15) is 9.90 Å². The Morgan fingerprint density at radius 1 is 1.00 bits per heavy atom. The highest BCUT2D eigenvalue weighted by Crippen LogP contribution is 2.07. The van der Waals surface area contributed by atoms with Crippen molar-refractivity contribution in [3.63, 3.8) is 0 Å². The van der Waals surface area contributed by atoms with Crippen LogP contribution in [0.4, 0.5) is 0 Å². The van der Waals surface area contributed by atoms with Crippen molar-refractivity contribution in [3.8, 4) is 0 Å². The van der Waals surface area contributed by atoms with Gasteiger partial charge in [-0.2, -0.15) is 0 Å². The highest BCUT2D eigenvalue weighted by Gasteiger charge is 1.95. The fourth-order valence-electron chi connectivity index (χ4n) is 1.85. The minimum atomic E-state index is -0.690. The van der Waals surface area contributed by atoms with Crippen molar-refractivity contribution in [2.24, 2.45) is 0 Å². The molecule has 21 heavy (non-hydrogen) atoms. The van der Waals surface area contributed by atoms with E-state index >= 15 is 0 Å². The smallest absolute Gasteiger partial charge is 0.303 e. The summed E-state index contributed by atoms with van der Waals surface area (Å²) < 4.78 is 0. The van der Waals surface area contributed by atoms with Crippen molar-refractivity contribution in [2.45, 2.75) is 70.8 Å². The van der Waals surface area contributed by atoms with Crippen LogP contribution < -0.4 is 0 Å². The number of hydrogen-bond donors (Lipinski definition) is 2. The normalized spacial score (nSPS) is 13.6. The number of carbonyl (C=O) groups is 1. The quantitative estimate of drug-likeness (QED) is 0.296. The third-order valence-corrected chi connectivity index (χ3v) is 3.20. The molecule has 0 bridgehead atoms. The first-order valence-electron chi connectivity index (χ1n) is 8.05. The van der Waals surface area contributed by atoms with E-state index in [1.54, 1.807) is 6.08 Å². The summed E-state index contributed by atoms with van der Waals surface area (Å²) in [6, 6.07) is 0. The lowest BCUT2D eigenvalue weighted by molar-refractivity contribution is -0.137. The number of aliphatic hydroxyl groups excluding tert-OH is 1. The van der Waals surface area contributed by atoms with Gasteiger partial charge >= 0.3 is 5.97 Å². The molecule has 1 unspecified atom stereocenters. The van der Waals surface area contributed by atoms with Gasteiger partial charge in [0.25, 0.3) is 0 Å². The lowest BCUT2D eigenvalue weighted by atomic mass is 10.1. The van der Waals surface area contributed by atoms with E-state index in [2.05, 4.69) is 18.2 Å². The summed E-state index contributed by atoms with van der Waals surface area (Å²) in [5.74, 6) is -0.690. The predicted octanol–water partition coefficient (Wildman–Crippen LogP) is 4.63. The molecule has 0 aliphatic heterocycles. The zero-order chi connectivity index (χ0) is 15.8. The molecule has 0 aromatic heterocycles. The lowest BCUT2D eigenvalue weighted by Gasteiger charge is -1.98. The minimum Gasteiger partial charge on any atom is -0.481 e. The van der Waals surface area contributed by atoms with Gasteiger partial charge in [-0.25, -0.2) is 0 Å². The van der Waals surface area contributed by atoms with Crippen LogP contribution in [-0.2, 0) is 4.79 Å². The van der Waals surface area contributed by atoms with Crippen molar-refractivity contribution in [1.82, 2.24) is 0 Å². The standard InChI is InChI=1S/C18H30O3/c1-2-17(19)15-13-11-9-7-5-3-4-6-8-10-12-14-16-18(20)21/h3,5,9,11,13,15,17,19H,2,4,6-8,10,12,14,16H2,1H3,(H,20,21)/b5-3-,11-9-,15-13-. The van der Waals surface area contributed by atoms with Crippen LogP contribution in [-0.4, -0.2) is 22.3 Å². The van der Waals surface area contributed by atoms with Crippen molar-refractivity contribution < 1.29 is 15.0 Å². The Labute approximate surface area is 129 Å². The lowest BCUT2D eigenvalue weighted by Crippen LogP contribution is -1.97. The van der Waals surface area contributed by atoms with E-state index in [-0.39, 0.29) is 6.10 Å². The first-order valence-corrected chi connectivity index (χ1v) is 8.05. The van der Waals surface area contributed by atoms with E-state index < -0.39 is 5.97 Å². The molecule has 0 aliphatic rings. The highest BCUT2D eigenvalue weighted by molar-refractivity contribution is 5.66. The second-order valence-corrected chi connectivity index (χ2v) is 5.20. The van der Waals surface area contributed by atoms with Crippen LogP contribution in [0, 0.1) is 0 Å². The number of carboxylic acids is 1. The van der Waals surface area contributed by atoms with Gasteiger partial charge in [0.15, 0.2) is 0 Å². The van der Waals surface area contributed by atoms with Crippen LogP contribution in [0.5, 0.6) is 0 Å². The Balaban J connectivity index is 3.35. The maximum atomic E-state index is 10.3. The number of allylic oxidation sites excluding steroid dienone is 5. The SMILES string of the molecule is CCC(O)/C=C\C=C/C/C=C\CCCCCCCC(=O)O. The molecule has 0 saturated heterocycles. The molecule has 0 spiro atoms. The van der Waals surface area contributed by atoms with E-state index in [0.29, 0.717) is 6.42 Å². The zero-order valence-corrected chi connectivity index (χ0v) is 13.2. The largest absolute Gasteiger partial charge is 0.481 e. The molecule has 0 rings (SSSR count). The summed E-state index contributed by atoms with van der Waals surface area (Å²) in [5, 5.41) is 17.8. The molecule has 0 fully saturated rings. The van der Waals surface area contributed by atoms with Crippen LogP contribution in [0.1, 0.15) is 64.7 Å². The Morgan fingerprint density at radius 2 is 1.71 bits per heavy atom. The topological polar surface area (TPSA) is 57.5 Å². The van der Waals surface area contributed by atoms with Crippen molar-refractivity contribution in [3.05, 3.63) is 36.5 Å². The van der Waals surface area contributed by atoms with Gasteiger partial charge in [0.1, 0.15) is 0 Å². The van der Waals surface area contributed by atoms with Crippen LogP contribution in [0.3, 0.4) is 0 Å². The predicted molar refractivity (Wildman–Crippen MR) is 88.3 cm³/mol. The Hall–Kier alpha value is -1.35. The molecule has 3 heteroatoms. The molecule has 0 aromatic rings. The van der Waals surface area contributed by atoms with Gasteiger partial charge < -0.3 is 10.2 Å². The van der Waals surface area contributed by atoms with Gasteiger partial charge in [-0.15, -0.1) is 0 Å². The summed E-state index contributed by atoms with van der Waals surface area (Å²) in [7, 11) is 0. The summed E-state index contributed by atoms with van der Waals surface area (Å²) in [5.41, 5.74) is 0. The first kappa shape index (κ1) is 19.7. The molecule has 0 heterocycles. The van der Waals surface area contributed by atoms with Gasteiger partial charge in [0.2, 0.25) is 0 Å². The van der Waals surface area contributed by atoms with Gasteiger partial charge in [-0.1, -0.05) is 62.6 Å². The molecule has 0 aromatic carbocycles. The average Bonchev–Trinajstić information content (AvgIpc) is 2.46. The van der Waals surface area contributed by atoms with Gasteiger partial charge in [0, 0.05) is 6.42 Å². The Bertz CT molecular complexity index is 329. The average molecular weight is 294 g/mol. The van der Waals surface area contributed by atoms with Crippen LogP contribution in [0.2, 0.25) is 0 Å². The minimum absolute atomic E-state index is 0.302. The van der Waals surface area contributed by atoms with Gasteiger partial charge in [-0.3, -0.25) is 4.79 Å². The number of unbranched alkanes of at least 4 members (excludes halogenated alkanes) is 5. The third kappa shape index (κ3) is 16.6. The molecule has 0 radical (unpaired) electrons. The molecule has 0 saturated carbocycles. The Kier molecular flexibility index (Phi) is 14.1. The van der Waals surface area contributed by atoms with Crippen LogP contribution >= 0.6 is 0 Å². The molecule has 3 nitrogen and oxygen atoms in total. The zero-order valence-electron chi connectivity index (χ0n) is 13.2. The maximum absolute atomic E-state index is 10.3. The second kappa shape index (κ2) is 15.0. The Morgan fingerprint density at radius 3 is 2.43 bits per heavy atom. The fourth-order valence-corrected chi connectivity index (χ4v) is 1.85. The monoisotopic (exact) mass is 294 g/mol. The summed E-state index contributed by atoms with van der Waals surface area (Å²) >= 11 is 0. The molecule has 0 amide bonds. The summed E-state index contributed by atoms with van der Waals surface area (Å²) in [6.07, 6.45) is 20.1. The highest BCUT2D eigenvalue weighted by atomic mass is 16.4. The number of aliphatic hydroxyl groups is 1. The van der Waals surface area contributed by atoms with Gasteiger partial charge in [-0.05, 0) is 32.1 Å². The summed E-state index contributed by atoms with van der Waals surface area (Å²) in [6.45, 7) is 1.95. The number of hydrogen-bond acceptors (Lipinski definition) is 2. The maximum Gasteiger partial charge on any atom is 0.303 e. The molecule has 120 valence electrons. The third-order valence-electron chi connectivity index (χ3n) is 3.20. The molecule has 0 aliphatic carbocycles. The molecular formula is C18H30O3. The van der Waals surface area contributed by atoms with Crippen molar-refractivity contribution in [1.29, 1.82) is 0 Å². The van der Waals surface area contributed by atoms with Crippen molar-refractivity contribution >= 4 is 5.97 Å². The van der Waals surface area contributed by atoms with Crippen LogP contribution in [0.25, 0.3) is 0 Å². The number of carboxylic acid groups (broad SMARTS) is 1. The number of aliphatic carboxylic acids is 1. The molecule has 1 atom stereocenters. The fraction of sp³-hybridized carbons (Fsp3) is 0.611. The second-order valence-electron chi connectivity index (χ2n) is 5.20.